The van der Waals surface area contributed by atoms with Crippen molar-refractivity contribution < 1.29 is 33.3 Å². The molecule has 4 atom stereocenters. The quantitative estimate of drug-likeness (QED) is 0.693. The lowest BCUT2D eigenvalue weighted by Crippen LogP contribution is -2.52. The standard InChI is InChI=1S/C24H27N3O7/c28-23(27-10-12-30-13-11-27)26-19-14-31-22-20(15-32-21(19)22)34-24(29)25-16-6-8-18(9-7-16)33-17-4-2-1-3-5-17/h1-9,19-22H,10-15H2,(H,25,29)(H,26,28). The van der Waals surface area contributed by atoms with Crippen LogP contribution in [0.5, 0.6) is 11.5 Å². The van der Waals surface area contributed by atoms with Crippen LogP contribution in [-0.2, 0) is 18.9 Å². The van der Waals surface area contributed by atoms with Gasteiger partial charge in [0.25, 0.3) is 0 Å². The summed E-state index contributed by atoms with van der Waals surface area (Å²) in [4.78, 5) is 26.6. The van der Waals surface area contributed by atoms with Crippen molar-refractivity contribution in [2.75, 3.05) is 44.8 Å². The molecule has 0 aromatic heterocycles. The SMILES string of the molecule is O=C(Nc1ccc(Oc2ccccc2)cc1)OC1COC2C(NC(=O)N3CCOCC3)COC12. The van der Waals surface area contributed by atoms with Crippen molar-refractivity contribution >= 4 is 17.8 Å². The third-order valence-corrected chi connectivity index (χ3v) is 5.95. The Morgan fingerprint density at radius 1 is 0.882 bits per heavy atom. The van der Waals surface area contributed by atoms with E-state index >= 15 is 0 Å². The summed E-state index contributed by atoms with van der Waals surface area (Å²) in [5.41, 5.74) is 0.573. The molecule has 0 bridgehead atoms. The van der Waals surface area contributed by atoms with E-state index < -0.39 is 18.3 Å². The molecule has 2 aromatic carbocycles. The van der Waals surface area contributed by atoms with Crippen molar-refractivity contribution in [3.63, 3.8) is 0 Å². The first-order valence-corrected chi connectivity index (χ1v) is 11.3. The molecule has 2 N–H and O–H groups in total. The molecule has 5 rings (SSSR count). The number of nitrogens with one attached hydrogen (secondary N) is 2. The van der Waals surface area contributed by atoms with Gasteiger partial charge in [0.15, 0.2) is 6.10 Å². The summed E-state index contributed by atoms with van der Waals surface area (Å²) in [5, 5.41) is 5.68. The fraction of sp³-hybridized carbons (Fsp3) is 0.417. The Morgan fingerprint density at radius 3 is 2.35 bits per heavy atom. The maximum atomic E-state index is 12.5. The number of rotatable bonds is 5. The fourth-order valence-electron chi connectivity index (χ4n) is 4.22. The van der Waals surface area contributed by atoms with E-state index in [4.69, 9.17) is 23.7 Å². The van der Waals surface area contributed by atoms with E-state index in [0.29, 0.717) is 44.3 Å². The van der Waals surface area contributed by atoms with E-state index in [1.807, 2.05) is 30.3 Å². The molecule has 3 aliphatic rings. The van der Waals surface area contributed by atoms with Crippen LogP contribution in [0.25, 0.3) is 0 Å². The largest absolute Gasteiger partial charge is 0.457 e. The zero-order valence-corrected chi connectivity index (χ0v) is 18.6. The van der Waals surface area contributed by atoms with Crippen molar-refractivity contribution in [2.24, 2.45) is 0 Å². The molecule has 3 saturated heterocycles. The second-order valence-electron chi connectivity index (χ2n) is 8.26. The Kier molecular flexibility index (Phi) is 6.79. The Bertz CT molecular complexity index is 982. The maximum absolute atomic E-state index is 12.5. The summed E-state index contributed by atoms with van der Waals surface area (Å²) in [6.45, 7) is 2.68. The van der Waals surface area contributed by atoms with E-state index in [1.165, 1.54) is 0 Å². The highest BCUT2D eigenvalue weighted by molar-refractivity contribution is 5.84. The summed E-state index contributed by atoms with van der Waals surface area (Å²) in [6.07, 6.45) is -1.95. The average molecular weight is 469 g/mol. The van der Waals surface area contributed by atoms with Gasteiger partial charge in [-0.1, -0.05) is 18.2 Å². The Balaban J connectivity index is 1.09. The van der Waals surface area contributed by atoms with Crippen LogP contribution in [0.2, 0.25) is 0 Å². The Labute approximate surface area is 197 Å². The molecule has 0 spiro atoms. The number of para-hydroxylation sites is 1. The number of ether oxygens (including phenoxy) is 5. The first-order chi connectivity index (χ1) is 16.7. The third-order valence-electron chi connectivity index (χ3n) is 5.95. The number of carbonyl (C=O) groups is 2. The summed E-state index contributed by atoms with van der Waals surface area (Å²) < 4.78 is 28.2. The minimum absolute atomic E-state index is 0.164. The molecule has 3 heterocycles. The second kappa shape index (κ2) is 10.3. The molecule has 3 aliphatic heterocycles. The monoisotopic (exact) mass is 469 g/mol. The van der Waals surface area contributed by atoms with Crippen LogP contribution in [0, 0.1) is 0 Å². The van der Waals surface area contributed by atoms with Crippen molar-refractivity contribution in [3.8, 4) is 11.5 Å². The summed E-state index contributed by atoms with van der Waals surface area (Å²) in [6, 6.07) is 16.0. The van der Waals surface area contributed by atoms with E-state index in [9.17, 15) is 9.59 Å². The van der Waals surface area contributed by atoms with Crippen LogP contribution in [-0.4, -0.2) is 80.9 Å². The van der Waals surface area contributed by atoms with E-state index in [-0.39, 0.29) is 24.8 Å². The van der Waals surface area contributed by atoms with Crippen molar-refractivity contribution in [1.29, 1.82) is 0 Å². The van der Waals surface area contributed by atoms with Crippen LogP contribution in [0.3, 0.4) is 0 Å². The second-order valence-corrected chi connectivity index (χ2v) is 8.26. The lowest BCUT2D eigenvalue weighted by Gasteiger charge is -2.29. The molecule has 3 amide bonds. The van der Waals surface area contributed by atoms with E-state index in [2.05, 4.69) is 10.6 Å². The van der Waals surface area contributed by atoms with Crippen LogP contribution < -0.4 is 15.4 Å². The Hall–Kier alpha value is -3.34. The molecule has 34 heavy (non-hydrogen) atoms. The highest BCUT2D eigenvalue weighted by atomic mass is 16.6. The van der Waals surface area contributed by atoms with Crippen LogP contribution in [0.1, 0.15) is 0 Å². The average Bonchev–Trinajstić information content (AvgIpc) is 3.45. The number of carbonyl (C=O) groups excluding carboxylic acids is 2. The van der Waals surface area contributed by atoms with Crippen LogP contribution in [0.4, 0.5) is 15.3 Å². The number of anilines is 1. The summed E-state index contributed by atoms with van der Waals surface area (Å²) >= 11 is 0. The van der Waals surface area contributed by atoms with Crippen LogP contribution >= 0.6 is 0 Å². The van der Waals surface area contributed by atoms with Crippen LogP contribution in [0.15, 0.2) is 54.6 Å². The molecule has 10 heteroatoms. The Morgan fingerprint density at radius 2 is 1.59 bits per heavy atom. The summed E-state index contributed by atoms with van der Waals surface area (Å²) in [5.74, 6) is 1.39. The highest BCUT2D eigenvalue weighted by Gasteiger charge is 2.50. The lowest BCUT2D eigenvalue weighted by atomic mass is 10.1. The van der Waals surface area contributed by atoms with Gasteiger partial charge >= 0.3 is 12.1 Å². The normalized spacial score (nSPS) is 25.9. The van der Waals surface area contributed by atoms with E-state index in [0.717, 1.165) is 5.75 Å². The topological polar surface area (TPSA) is 108 Å². The first kappa shape index (κ1) is 22.5. The zero-order valence-electron chi connectivity index (χ0n) is 18.6. The zero-order chi connectivity index (χ0) is 23.3. The number of morpholine rings is 1. The van der Waals surface area contributed by atoms with Gasteiger partial charge in [-0.25, -0.2) is 9.59 Å². The minimum atomic E-state index is -0.601. The van der Waals surface area contributed by atoms with Gasteiger partial charge < -0.3 is 33.9 Å². The van der Waals surface area contributed by atoms with Crippen molar-refractivity contribution in [3.05, 3.63) is 54.6 Å². The van der Waals surface area contributed by atoms with Gasteiger partial charge in [0.1, 0.15) is 23.7 Å². The molecule has 10 nitrogen and oxygen atoms in total. The molecule has 180 valence electrons. The maximum Gasteiger partial charge on any atom is 0.412 e. The highest BCUT2D eigenvalue weighted by Crippen LogP contribution is 2.29. The van der Waals surface area contributed by atoms with Gasteiger partial charge in [-0.3, -0.25) is 5.32 Å². The molecule has 3 fully saturated rings. The number of amides is 3. The minimum Gasteiger partial charge on any atom is -0.457 e. The van der Waals surface area contributed by atoms with E-state index in [1.54, 1.807) is 29.2 Å². The molecule has 0 radical (unpaired) electrons. The number of hydrogen-bond donors (Lipinski definition) is 2. The van der Waals surface area contributed by atoms with Gasteiger partial charge in [0.05, 0.1) is 32.5 Å². The number of hydrogen-bond acceptors (Lipinski definition) is 7. The van der Waals surface area contributed by atoms with Gasteiger partial charge in [-0.15, -0.1) is 0 Å². The van der Waals surface area contributed by atoms with Gasteiger partial charge in [0.2, 0.25) is 0 Å². The third kappa shape index (κ3) is 5.24. The van der Waals surface area contributed by atoms with Gasteiger partial charge in [0, 0.05) is 18.8 Å². The number of urea groups is 1. The number of nitrogens with zero attached hydrogens (tertiary/aromatic N) is 1. The molecule has 0 aliphatic carbocycles. The van der Waals surface area contributed by atoms with Crippen molar-refractivity contribution in [2.45, 2.75) is 24.4 Å². The van der Waals surface area contributed by atoms with Crippen molar-refractivity contribution in [1.82, 2.24) is 10.2 Å². The number of benzene rings is 2. The first-order valence-electron chi connectivity index (χ1n) is 11.3. The summed E-state index contributed by atoms with van der Waals surface area (Å²) in [7, 11) is 0. The predicted octanol–water partition coefficient (Wildman–Crippen LogP) is 2.60. The molecular weight excluding hydrogens is 442 g/mol. The molecule has 0 saturated carbocycles. The molecule has 4 unspecified atom stereocenters. The number of fused-ring (bicyclic) bond motifs is 1. The fourth-order valence-corrected chi connectivity index (χ4v) is 4.22. The van der Waals surface area contributed by atoms with Gasteiger partial charge in [-0.05, 0) is 36.4 Å². The molecule has 2 aromatic rings. The van der Waals surface area contributed by atoms with Gasteiger partial charge in [-0.2, -0.15) is 0 Å². The predicted molar refractivity (Wildman–Crippen MR) is 121 cm³/mol. The lowest BCUT2D eigenvalue weighted by molar-refractivity contribution is 0.00852. The molecular formula is C24H27N3O7. The smallest absolute Gasteiger partial charge is 0.412 e.